The number of carbonyl (C=O) groups excluding carboxylic acids is 1. The molecule has 0 heterocycles. The Morgan fingerprint density at radius 3 is 2.41 bits per heavy atom. The van der Waals surface area contributed by atoms with E-state index in [9.17, 15) is 4.79 Å². The van der Waals surface area contributed by atoms with Crippen molar-refractivity contribution in [2.24, 2.45) is 0 Å². The van der Waals surface area contributed by atoms with E-state index < -0.39 is 5.82 Å². The minimum absolute atomic E-state index is 0.0291. The Labute approximate surface area is 168 Å². The molecule has 0 aliphatic rings. The molecule has 0 amide bonds. The zero-order valence-electron chi connectivity index (χ0n) is 16.2. The highest BCUT2D eigenvalue weighted by atomic mass is 19.1. The maximum atomic E-state index is 15.5. The number of halogens is 1. The minimum atomic E-state index is -0.410. The third kappa shape index (κ3) is 4.62. The average Bonchev–Trinajstić information content (AvgIpc) is 2.71. The molecule has 0 saturated heterocycles. The van der Waals surface area contributed by atoms with E-state index in [1.54, 1.807) is 48.5 Å². The van der Waals surface area contributed by atoms with Gasteiger partial charge in [0.05, 0.1) is 17.9 Å². The summed E-state index contributed by atoms with van der Waals surface area (Å²) in [6, 6.07) is 16.7. The predicted molar refractivity (Wildman–Crippen MR) is 108 cm³/mol. The van der Waals surface area contributed by atoms with Crippen LogP contribution in [0.3, 0.4) is 0 Å². The summed E-state index contributed by atoms with van der Waals surface area (Å²) in [6.45, 7) is 3.69. The van der Waals surface area contributed by atoms with Crippen molar-refractivity contribution in [3.8, 4) is 16.9 Å². The van der Waals surface area contributed by atoms with Crippen molar-refractivity contribution in [1.29, 1.82) is 0 Å². The molecule has 0 radical (unpaired) electrons. The molecular formula is C23H22FNO4. The van der Waals surface area contributed by atoms with Crippen molar-refractivity contribution in [3.63, 3.8) is 0 Å². The quantitative estimate of drug-likeness (QED) is 0.421. The molecule has 0 aliphatic carbocycles. The van der Waals surface area contributed by atoms with Gasteiger partial charge in [-0.05, 0) is 54.8 Å². The van der Waals surface area contributed by atoms with E-state index in [1.165, 1.54) is 19.1 Å². The molecule has 29 heavy (non-hydrogen) atoms. The number of ketones is 1. The number of rotatable bonds is 7. The van der Waals surface area contributed by atoms with Crippen molar-refractivity contribution in [2.45, 2.75) is 20.3 Å². The van der Waals surface area contributed by atoms with Gasteiger partial charge in [-0.1, -0.05) is 36.4 Å². The van der Waals surface area contributed by atoms with Gasteiger partial charge in [0.2, 0.25) is 0 Å². The smallest absolute Gasteiger partial charge is 0.159 e. The first-order valence-electron chi connectivity index (χ1n) is 9.23. The average molecular weight is 395 g/mol. The Kier molecular flexibility index (Phi) is 6.26. The van der Waals surface area contributed by atoms with Gasteiger partial charge in [-0.25, -0.2) is 4.39 Å². The van der Waals surface area contributed by atoms with Crippen LogP contribution in [0.4, 0.5) is 10.1 Å². The van der Waals surface area contributed by atoms with Gasteiger partial charge in [0.25, 0.3) is 0 Å². The maximum Gasteiger partial charge on any atom is 0.159 e. The van der Waals surface area contributed by atoms with Crippen LogP contribution in [0.25, 0.3) is 11.1 Å². The largest absolute Gasteiger partial charge is 0.493 e. The van der Waals surface area contributed by atoms with E-state index in [1.807, 2.05) is 6.92 Å². The highest BCUT2D eigenvalue weighted by Crippen LogP contribution is 2.36. The zero-order chi connectivity index (χ0) is 21.0. The monoisotopic (exact) mass is 395 g/mol. The molecule has 0 saturated carbocycles. The van der Waals surface area contributed by atoms with E-state index >= 15 is 4.39 Å². The topological polar surface area (TPSA) is 70.0 Å². The molecule has 0 unspecified atom stereocenters. The molecule has 2 N–H and O–H groups in total. The van der Waals surface area contributed by atoms with Crippen LogP contribution in [-0.4, -0.2) is 22.8 Å². The van der Waals surface area contributed by atoms with Crippen LogP contribution in [0.15, 0.2) is 60.7 Å². The second-order valence-electron chi connectivity index (χ2n) is 6.61. The fourth-order valence-corrected chi connectivity index (χ4v) is 3.14. The molecule has 3 rings (SSSR count). The molecule has 0 bridgehead atoms. The number of hydrogen-bond acceptors (Lipinski definition) is 5. The number of anilines is 1. The van der Waals surface area contributed by atoms with Gasteiger partial charge in [-0.15, -0.1) is 5.23 Å². The first-order valence-corrected chi connectivity index (χ1v) is 9.23. The van der Waals surface area contributed by atoms with Gasteiger partial charge in [0.1, 0.15) is 11.6 Å². The van der Waals surface area contributed by atoms with Gasteiger partial charge in [0, 0.05) is 12.0 Å². The van der Waals surface area contributed by atoms with E-state index in [4.69, 9.17) is 15.2 Å². The van der Waals surface area contributed by atoms with Crippen molar-refractivity contribution in [2.75, 3.05) is 11.8 Å². The highest BCUT2D eigenvalue weighted by molar-refractivity contribution is 5.95. The fraction of sp³-hybridized carbons (Fsp3) is 0.174. The van der Waals surface area contributed by atoms with Crippen LogP contribution in [0.5, 0.6) is 5.75 Å². The lowest BCUT2D eigenvalue weighted by Gasteiger charge is -2.15. The normalized spacial score (nSPS) is 10.7. The third-order valence-electron chi connectivity index (χ3n) is 4.60. The zero-order valence-corrected chi connectivity index (χ0v) is 16.2. The van der Waals surface area contributed by atoms with Crippen LogP contribution in [0.1, 0.15) is 35.3 Å². The van der Waals surface area contributed by atoms with E-state index in [2.05, 4.69) is 0 Å². The summed E-state index contributed by atoms with van der Waals surface area (Å²) < 4.78 is 21.1. The Balaban J connectivity index is 2.03. The molecule has 0 fully saturated rings. The van der Waals surface area contributed by atoms with Gasteiger partial charge in [-0.2, -0.15) is 0 Å². The van der Waals surface area contributed by atoms with E-state index in [-0.39, 0.29) is 16.7 Å². The Hall–Kier alpha value is -3.22. The maximum absolute atomic E-state index is 15.5. The number of benzene rings is 3. The number of nitrogens with zero attached hydrogens (tertiary/aromatic N) is 1. The van der Waals surface area contributed by atoms with Gasteiger partial charge >= 0.3 is 0 Å². The summed E-state index contributed by atoms with van der Waals surface area (Å²) in [6.07, 6.45) is 0.314. The lowest BCUT2D eigenvalue weighted by molar-refractivity contribution is 0.0291. The number of hydrogen-bond donors (Lipinski definition) is 2. The third-order valence-corrected chi connectivity index (χ3v) is 4.60. The van der Waals surface area contributed by atoms with Gasteiger partial charge < -0.3 is 4.74 Å². The number of Topliss-reactive ketones (excluding diaryl/α,β-unsaturated/α-hetero) is 1. The van der Waals surface area contributed by atoms with Crippen LogP contribution in [-0.2, 0) is 6.42 Å². The highest BCUT2D eigenvalue weighted by Gasteiger charge is 2.18. The Morgan fingerprint density at radius 1 is 1.07 bits per heavy atom. The Morgan fingerprint density at radius 2 is 1.79 bits per heavy atom. The molecule has 150 valence electrons. The van der Waals surface area contributed by atoms with Crippen LogP contribution in [0.2, 0.25) is 0 Å². The second kappa shape index (κ2) is 8.86. The second-order valence-corrected chi connectivity index (χ2v) is 6.61. The molecule has 0 atom stereocenters. The van der Waals surface area contributed by atoms with Gasteiger partial charge in [0.15, 0.2) is 5.78 Å². The first kappa shape index (κ1) is 20.5. The van der Waals surface area contributed by atoms with Crippen molar-refractivity contribution in [1.82, 2.24) is 0 Å². The number of carbonyl (C=O) groups is 1. The summed E-state index contributed by atoms with van der Waals surface area (Å²) in [5.74, 6) is -0.0871. The first-order chi connectivity index (χ1) is 13.9. The summed E-state index contributed by atoms with van der Waals surface area (Å²) >= 11 is 0. The summed E-state index contributed by atoms with van der Waals surface area (Å²) in [5.41, 5.74) is 2.88. The van der Waals surface area contributed by atoms with Gasteiger partial charge in [-0.3, -0.25) is 15.2 Å². The Bertz CT molecular complexity index is 1020. The van der Waals surface area contributed by atoms with Crippen LogP contribution in [0, 0.1) is 5.82 Å². The SMILES string of the molecule is CCOc1ccc(Cc2ccc(N(O)O)cc2)c(F)c1-c1cccc(C(C)=O)c1. The molecule has 0 aliphatic heterocycles. The molecule has 3 aromatic carbocycles. The molecular weight excluding hydrogens is 373 g/mol. The molecule has 0 spiro atoms. The van der Waals surface area contributed by atoms with Crippen LogP contribution < -0.4 is 9.96 Å². The summed E-state index contributed by atoms with van der Waals surface area (Å²) in [5, 5.41) is 18.1. The lowest BCUT2D eigenvalue weighted by Crippen LogP contribution is -2.10. The van der Waals surface area contributed by atoms with E-state index in [0.29, 0.717) is 41.0 Å². The summed E-state index contributed by atoms with van der Waals surface area (Å²) in [7, 11) is 0. The number of ether oxygens (including phenoxy) is 1. The standard InChI is InChI=1S/C23H22FNO4/c1-3-29-21-12-9-19(13-16-7-10-20(11-8-16)25(27)28)23(24)22(21)18-6-4-5-17(14-18)15(2)26/h4-12,14,27-28H,3,13H2,1-2H3. The molecule has 0 aromatic heterocycles. The fourth-order valence-electron chi connectivity index (χ4n) is 3.14. The van der Waals surface area contributed by atoms with Crippen LogP contribution >= 0.6 is 0 Å². The van der Waals surface area contributed by atoms with E-state index in [0.717, 1.165) is 5.56 Å². The molecule has 6 heteroatoms. The molecule has 5 nitrogen and oxygen atoms in total. The minimum Gasteiger partial charge on any atom is -0.493 e. The molecule has 3 aromatic rings. The lowest BCUT2D eigenvalue weighted by atomic mass is 9.95. The predicted octanol–water partition coefficient (Wildman–Crippen LogP) is 5.27. The summed E-state index contributed by atoms with van der Waals surface area (Å²) in [4.78, 5) is 11.7. The van der Waals surface area contributed by atoms with Crippen molar-refractivity contribution in [3.05, 3.63) is 83.2 Å². The van der Waals surface area contributed by atoms with Crippen molar-refractivity contribution >= 4 is 11.5 Å². The van der Waals surface area contributed by atoms with Crippen molar-refractivity contribution < 1.29 is 24.3 Å².